The number of aromatic nitrogens is 7. The molecular formula is C32H30N12O3S2. The molecule has 0 fully saturated rings. The Morgan fingerprint density at radius 3 is 2.12 bits per heavy atom. The third-order valence-corrected chi connectivity index (χ3v) is 9.16. The van der Waals surface area contributed by atoms with Crippen molar-refractivity contribution in [2.24, 2.45) is 0 Å². The second-order valence-corrected chi connectivity index (χ2v) is 12.7. The van der Waals surface area contributed by atoms with Crippen LogP contribution in [0, 0.1) is 0 Å². The first-order valence-electron chi connectivity index (χ1n) is 15.4. The molecule has 8 rings (SSSR count). The number of ether oxygens (including phenoxy) is 1. The highest BCUT2D eigenvalue weighted by Crippen LogP contribution is 2.34. The summed E-state index contributed by atoms with van der Waals surface area (Å²) in [6.45, 7) is 6.29. The summed E-state index contributed by atoms with van der Waals surface area (Å²) in [4.78, 5) is 36.6. The van der Waals surface area contributed by atoms with Crippen molar-refractivity contribution < 1.29 is 14.3 Å². The number of thiazole rings is 2. The minimum atomic E-state index is -0.249. The second kappa shape index (κ2) is 14.0. The quantitative estimate of drug-likeness (QED) is 0.142. The topological polar surface area (TPSA) is 185 Å². The molecule has 0 aliphatic carbocycles. The Labute approximate surface area is 287 Å². The van der Waals surface area contributed by atoms with Gasteiger partial charge in [0.05, 0.1) is 27.0 Å². The van der Waals surface area contributed by atoms with E-state index >= 15 is 0 Å². The number of nitrogens with zero attached hydrogens (tertiary/aromatic N) is 7. The van der Waals surface area contributed by atoms with Crippen LogP contribution in [-0.4, -0.2) is 73.3 Å². The molecule has 1 aliphatic rings. The maximum absolute atomic E-state index is 11.6. The lowest BCUT2D eigenvalue weighted by Crippen LogP contribution is -2.28. The normalized spacial score (nSPS) is 12.0. The highest BCUT2D eigenvalue weighted by molar-refractivity contribution is 7.22. The van der Waals surface area contributed by atoms with Gasteiger partial charge in [-0.3, -0.25) is 10.6 Å². The number of carbonyl (C=O) groups excluding carboxylic acids is 2. The summed E-state index contributed by atoms with van der Waals surface area (Å²) < 4.78 is 9.30. The molecule has 15 nitrogen and oxygen atoms in total. The molecule has 0 radical (unpaired) electrons. The smallest absolute Gasteiger partial charge is 0.321 e. The van der Waals surface area contributed by atoms with Crippen LogP contribution in [0.3, 0.4) is 0 Å². The fraction of sp³-hybridized carbons (Fsp3) is 0.188. The van der Waals surface area contributed by atoms with E-state index in [0.717, 1.165) is 60.8 Å². The van der Waals surface area contributed by atoms with Crippen molar-refractivity contribution in [1.29, 1.82) is 0 Å². The van der Waals surface area contributed by atoms with Crippen LogP contribution in [-0.2, 0) is 0 Å². The minimum Gasteiger partial charge on any atom is -0.488 e. The lowest BCUT2D eigenvalue weighted by atomic mass is 10.1. The Morgan fingerprint density at radius 2 is 1.47 bits per heavy atom. The molecule has 49 heavy (non-hydrogen) atoms. The van der Waals surface area contributed by atoms with Crippen LogP contribution in [0.4, 0.5) is 25.7 Å². The largest absolute Gasteiger partial charge is 0.488 e. The number of carbonyl (C=O) groups is 2. The lowest BCUT2D eigenvalue weighted by Gasteiger charge is -2.18. The van der Waals surface area contributed by atoms with Gasteiger partial charge in [0.1, 0.15) is 6.61 Å². The minimum absolute atomic E-state index is 0.245. The van der Waals surface area contributed by atoms with Crippen LogP contribution in [0.2, 0.25) is 0 Å². The van der Waals surface area contributed by atoms with E-state index in [0.29, 0.717) is 35.6 Å². The zero-order chi connectivity index (χ0) is 33.7. The lowest BCUT2D eigenvalue weighted by molar-refractivity contribution is 0.251. The number of tetrazole rings is 1. The molecule has 7 aromatic rings. The van der Waals surface area contributed by atoms with Crippen LogP contribution in [0.5, 0.6) is 5.75 Å². The van der Waals surface area contributed by atoms with E-state index < -0.39 is 0 Å². The summed E-state index contributed by atoms with van der Waals surface area (Å²) in [6, 6.07) is 17.3. The molecule has 0 saturated heterocycles. The van der Waals surface area contributed by atoms with Crippen molar-refractivity contribution in [2.75, 3.05) is 42.2 Å². The van der Waals surface area contributed by atoms with E-state index in [9.17, 15) is 9.59 Å². The van der Waals surface area contributed by atoms with Crippen LogP contribution in [0.15, 0.2) is 67.0 Å². The number of anilines is 3. The van der Waals surface area contributed by atoms with Gasteiger partial charge in [0.25, 0.3) is 0 Å². The third kappa shape index (κ3) is 7.16. The predicted molar refractivity (Wildman–Crippen MR) is 192 cm³/mol. The van der Waals surface area contributed by atoms with E-state index in [-0.39, 0.29) is 12.1 Å². The summed E-state index contributed by atoms with van der Waals surface area (Å²) in [6.07, 6.45) is 3.69. The van der Waals surface area contributed by atoms with Crippen molar-refractivity contribution in [3.8, 4) is 28.0 Å². The van der Waals surface area contributed by atoms with Crippen LogP contribution >= 0.6 is 22.7 Å². The van der Waals surface area contributed by atoms with Gasteiger partial charge in [-0.25, -0.2) is 29.1 Å². The highest BCUT2D eigenvalue weighted by Gasteiger charge is 2.14. The maximum Gasteiger partial charge on any atom is 0.321 e. The number of hydrogen-bond donors (Lipinski definition) is 5. The fourth-order valence-electron chi connectivity index (χ4n) is 5.01. The molecule has 17 heteroatoms. The summed E-state index contributed by atoms with van der Waals surface area (Å²) in [5, 5.41) is 26.7. The number of fused-ring (bicyclic) bond motifs is 4. The number of amides is 4. The molecule has 6 heterocycles. The number of urea groups is 2. The first-order valence-corrected chi connectivity index (χ1v) is 17.0. The Balaban J connectivity index is 0.000000154. The SMILES string of the molecule is CCNC(=O)Nc1nc2cc(-c3ccc4nnnn4c3)ccc2s1.CCNC(=O)Nc1nc2cc(-c3cnc4c(c3)OCCN4)ccc2s1. The van der Waals surface area contributed by atoms with Gasteiger partial charge in [-0.2, -0.15) is 0 Å². The van der Waals surface area contributed by atoms with E-state index in [2.05, 4.69) is 57.1 Å². The number of rotatable bonds is 6. The van der Waals surface area contributed by atoms with Crippen molar-refractivity contribution in [1.82, 2.24) is 45.6 Å². The van der Waals surface area contributed by atoms with Gasteiger partial charge in [0.2, 0.25) is 0 Å². The Morgan fingerprint density at radius 1 is 0.837 bits per heavy atom. The Hall–Kier alpha value is -5.94. The maximum atomic E-state index is 11.6. The fourth-order valence-corrected chi connectivity index (χ4v) is 6.69. The molecule has 0 spiro atoms. The standard InChI is InChI=1S/C17H17N5O2S.C15H13N7OS/c1-2-18-16(23)22-17-21-12-7-10(3-4-14(12)25-17)11-8-13-15(20-9-11)19-5-6-24-13;1-2-16-14(23)18-15-17-11-7-9(3-5-12(11)24-15)10-4-6-13-19-20-21-22(13)8-10/h3-4,7-9H,2,5-6H2,1H3,(H,19,20)(H2,18,21,22,23);3-8H,2H2,1H3,(H2,16,17,18,23). The molecule has 248 valence electrons. The van der Waals surface area contributed by atoms with Crippen molar-refractivity contribution in [2.45, 2.75) is 13.8 Å². The number of nitrogens with one attached hydrogen (secondary N) is 5. The van der Waals surface area contributed by atoms with Gasteiger partial charge < -0.3 is 20.7 Å². The average molecular weight is 695 g/mol. The summed E-state index contributed by atoms with van der Waals surface area (Å²) in [5.74, 6) is 1.54. The molecule has 0 bridgehead atoms. The molecule has 0 saturated carbocycles. The number of pyridine rings is 2. The highest BCUT2D eigenvalue weighted by atomic mass is 32.1. The van der Waals surface area contributed by atoms with Gasteiger partial charge in [-0.05, 0) is 77.9 Å². The molecule has 5 aromatic heterocycles. The van der Waals surface area contributed by atoms with E-state index in [1.54, 1.807) is 4.52 Å². The van der Waals surface area contributed by atoms with Crippen molar-refractivity contribution in [3.05, 3.63) is 67.0 Å². The van der Waals surface area contributed by atoms with E-state index in [1.165, 1.54) is 22.7 Å². The first-order chi connectivity index (χ1) is 23.9. The average Bonchev–Trinajstić information content (AvgIpc) is 3.85. The van der Waals surface area contributed by atoms with Gasteiger partial charge in [-0.15, -0.1) is 5.10 Å². The molecule has 0 unspecified atom stereocenters. The van der Waals surface area contributed by atoms with Gasteiger partial charge in [-0.1, -0.05) is 34.8 Å². The van der Waals surface area contributed by atoms with Crippen LogP contribution in [0.1, 0.15) is 13.8 Å². The summed E-state index contributed by atoms with van der Waals surface area (Å²) >= 11 is 2.88. The molecule has 1 aliphatic heterocycles. The van der Waals surface area contributed by atoms with Gasteiger partial charge >= 0.3 is 12.1 Å². The van der Waals surface area contributed by atoms with Crippen molar-refractivity contribution >= 4 is 76.9 Å². The Bertz CT molecular complexity index is 2300. The third-order valence-electron chi connectivity index (χ3n) is 7.25. The summed E-state index contributed by atoms with van der Waals surface area (Å²) in [7, 11) is 0. The first kappa shape index (κ1) is 31.6. The van der Waals surface area contributed by atoms with Crippen LogP contribution in [0.25, 0.3) is 48.3 Å². The predicted octanol–water partition coefficient (Wildman–Crippen LogP) is 5.85. The van der Waals surface area contributed by atoms with E-state index in [4.69, 9.17) is 4.74 Å². The zero-order valence-electron chi connectivity index (χ0n) is 26.4. The summed E-state index contributed by atoms with van der Waals surface area (Å²) in [5.41, 5.74) is 6.34. The molecule has 0 atom stereocenters. The van der Waals surface area contributed by atoms with Gasteiger partial charge in [0, 0.05) is 36.6 Å². The Kier molecular flexibility index (Phi) is 9.07. The number of hydrogen-bond acceptors (Lipinski definition) is 12. The van der Waals surface area contributed by atoms with Gasteiger partial charge in [0.15, 0.2) is 27.5 Å². The molecule has 5 N–H and O–H groups in total. The zero-order valence-corrected chi connectivity index (χ0v) is 28.0. The molecule has 4 amide bonds. The van der Waals surface area contributed by atoms with Crippen molar-refractivity contribution in [3.63, 3.8) is 0 Å². The monoisotopic (exact) mass is 694 g/mol. The second-order valence-electron chi connectivity index (χ2n) is 10.6. The number of benzene rings is 2. The van der Waals surface area contributed by atoms with Crippen LogP contribution < -0.4 is 31.3 Å². The molecular weight excluding hydrogens is 665 g/mol. The van der Waals surface area contributed by atoms with E-state index in [1.807, 2.05) is 80.8 Å². The molecule has 2 aromatic carbocycles.